The molecule has 0 spiro atoms. The van der Waals surface area contributed by atoms with Crippen molar-refractivity contribution in [3.05, 3.63) is 0 Å². The quantitative estimate of drug-likeness (QED) is 0.743. The predicted molar refractivity (Wildman–Crippen MR) is 68.7 cm³/mol. The molecule has 0 aromatic carbocycles. The van der Waals surface area contributed by atoms with Gasteiger partial charge in [-0.3, -0.25) is 4.79 Å². The largest absolute Gasteiger partial charge is 0.380 e. The van der Waals surface area contributed by atoms with Crippen LogP contribution in [0.15, 0.2) is 0 Å². The fourth-order valence-corrected chi connectivity index (χ4v) is 2.41. The van der Waals surface area contributed by atoms with E-state index in [2.05, 4.69) is 5.32 Å². The van der Waals surface area contributed by atoms with Crippen LogP contribution in [0.1, 0.15) is 52.4 Å². The van der Waals surface area contributed by atoms with Gasteiger partial charge in [0.2, 0.25) is 5.91 Å². The second kappa shape index (κ2) is 6.97. The van der Waals surface area contributed by atoms with E-state index in [0.717, 1.165) is 25.7 Å². The maximum absolute atomic E-state index is 11.8. The fourth-order valence-electron chi connectivity index (χ4n) is 2.41. The van der Waals surface area contributed by atoms with E-state index in [1.165, 1.54) is 6.42 Å². The van der Waals surface area contributed by atoms with Crippen molar-refractivity contribution in [3.63, 3.8) is 0 Å². The molecule has 0 saturated heterocycles. The lowest BCUT2D eigenvalue weighted by Crippen LogP contribution is -2.47. The molecule has 0 aromatic heterocycles. The van der Waals surface area contributed by atoms with Crippen LogP contribution in [0.4, 0.5) is 0 Å². The molecule has 4 heteroatoms. The van der Waals surface area contributed by atoms with E-state index in [-0.39, 0.29) is 17.5 Å². The Balaban J connectivity index is 2.27. The van der Waals surface area contributed by atoms with Crippen LogP contribution >= 0.6 is 0 Å². The van der Waals surface area contributed by atoms with Gasteiger partial charge < -0.3 is 15.8 Å². The Morgan fingerprint density at radius 2 is 2.06 bits per heavy atom. The van der Waals surface area contributed by atoms with E-state index in [0.29, 0.717) is 19.6 Å². The lowest BCUT2D eigenvalue weighted by Gasteiger charge is -2.33. The smallest absolute Gasteiger partial charge is 0.222 e. The average molecular weight is 242 g/mol. The van der Waals surface area contributed by atoms with E-state index in [1.54, 1.807) is 0 Å². The number of carbonyl (C=O) groups excluding carboxylic acids is 1. The molecule has 4 nitrogen and oxygen atoms in total. The number of nitrogens with two attached hydrogens (primary N) is 1. The molecule has 0 aliphatic heterocycles. The average Bonchev–Trinajstić information content (AvgIpc) is 2.26. The lowest BCUT2D eigenvalue weighted by atomic mass is 9.80. The van der Waals surface area contributed by atoms with Gasteiger partial charge in [0.25, 0.3) is 0 Å². The van der Waals surface area contributed by atoms with Gasteiger partial charge in [0, 0.05) is 24.6 Å². The zero-order valence-corrected chi connectivity index (χ0v) is 11.1. The number of nitrogens with one attached hydrogen (secondary N) is 1. The van der Waals surface area contributed by atoms with E-state index >= 15 is 0 Å². The van der Waals surface area contributed by atoms with Crippen LogP contribution in [0.2, 0.25) is 0 Å². The molecule has 0 bridgehead atoms. The highest BCUT2D eigenvalue weighted by molar-refractivity contribution is 5.77. The van der Waals surface area contributed by atoms with Gasteiger partial charge in [-0.15, -0.1) is 0 Å². The minimum absolute atomic E-state index is 0.0570. The van der Waals surface area contributed by atoms with Crippen molar-refractivity contribution in [2.75, 3.05) is 13.2 Å². The molecule has 0 radical (unpaired) electrons. The number of hydrogen-bond acceptors (Lipinski definition) is 3. The SMILES string of the molecule is CCOCC(C)NC(=O)CC1(N)CCCCC1. The van der Waals surface area contributed by atoms with E-state index in [9.17, 15) is 4.79 Å². The van der Waals surface area contributed by atoms with Crippen LogP contribution in [0.5, 0.6) is 0 Å². The molecule has 3 N–H and O–H groups in total. The molecule has 1 fully saturated rings. The van der Waals surface area contributed by atoms with E-state index in [4.69, 9.17) is 10.5 Å². The summed E-state index contributed by atoms with van der Waals surface area (Å²) >= 11 is 0. The van der Waals surface area contributed by atoms with Crippen molar-refractivity contribution >= 4 is 5.91 Å². The summed E-state index contributed by atoms with van der Waals surface area (Å²) in [6.07, 6.45) is 5.95. The maximum Gasteiger partial charge on any atom is 0.222 e. The summed E-state index contributed by atoms with van der Waals surface area (Å²) in [5, 5.41) is 2.94. The lowest BCUT2D eigenvalue weighted by molar-refractivity contribution is -0.123. The standard InChI is InChI=1S/C13H26N2O2/c1-3-17-10-11(2)15-12(16)9-13(14)7-5-4-6-8-13/h11H,3-10,14H2,1-2H3,(H,15,16). The van der Waals surface area contributed by atoms with Gasteiger partial charge in [0.05, 0.1) is 6.61 Å². The molecule has 1 saturated carbocycles. The summed E-state index contributed by atoms with van der Waals surface area (Å²) in [6.45, 7) is 5.16. The van der Waals surface area contributed by atoms with Crippen molar-refractivity contribution in [1.29, 1.82) is 0 Å². The van der Waals surface area contributed by atoms with Crippen LogP contribution in [-0.4, -0.2) is 30.7 Å². The molecule has 1 aliphatic rings. The van der Waals surface area contributed by atoms with Crippen LogP contribution in [-0.2, 0) is 9.53 Å². The van der Waals surface area contributed by atoms with Gasteiger partial charge in [-0.2, -0.15) is 0 Å². The number of amides is 1. The summed E-state index contributed by atoms with van der Waals surface area (Å²) < 4.78 is 5.27. The first kappa shape index (κ1) is 14.5. The summed E-state index contributed by atoms with van der Waals surface area (Å²) in [6, 6.07) is 0.0645. The van der Waals surface area contributed by atoms with E-state index in [1.807, 2.05) is 13.8 Å². The van der Waals surface area contributed by atoms with Gasteiger partial charge in [-0.25, -0.2) is 0 Å². The molecule has 0 aromatic rings. The van der Waals surface area contributed by atoms with Crippen LogP contribution in [0.25, 0.3) is 0 Å². The molecule has 1 atom stereocenters. The molecule has 1 aliphatic carbocycles. The highest BCUT2D eigenvalue weighted by Gasteiger charge is 2.30. The first-order valence-electron chi connectivity index (χ1n) is 6.72. The minimum atomic E-state index is -0.270. The third-order valence-corrected chi connectivity index (χ3v) is 3.34. The topological polar surface area (TPSA) is 64.3 Å². The third-order valence-electron chi connectivity index (χ3n) is 3.34. The Hall–Kier alpha value is -0.610. The molecular weight excluding hydrogens is 216 g/mol. The Kier molecular flexibility index (Phi) is 5.92. The van der Waals surface area contributed by atoms with Crippen molar-refractivity contribution in [2.24, 2.45) is 5.73 Å². The Morgan fingerprint density at radius 3 is 2.65 bits per heavy atom. The van der Waals surface area contributed by atoms with Gasteiger partial charge in [0.1, 0.15) is 0 Å². The van der Waals surface area contributed by atoms with Gasteiger partial charge in [-0.1, -0.05) is 19.3 Å². The van der Waals surface area contributed by atoms with Crippen LogP contribution in [0.3, 0.4) is 0 Å². The third kappa shape index (κ3) is 5.50. The Morgan fingerprint density at radius 1 is 1.41 bits per heavy atom. The number of rotatable bonds is 6. The molecule has 17 heavy (non-hydrogen) atoms. The first-order chi connectivity index (χ1) is 8.06. The van der Waals surface area contributed by atoms with Crippen LogP contribution < -0.4 is 11.1 Å². The number of carbonyl (C=O) groups is 1. The first-order valence-corrected chi connectivity index (χ1v) is 6.72. The van der Waals surface area contributed by atoms with Crippen LogP contribution in [0, 0.1) is 0 Å². The zero-order valence-electron chi connectivity index (χ0n) is 11.1. The monoisotopic (exact) mass is 242 g/mol. The minimum Gasteiger partial charge on any atom is -0.380 e. The van der Waals surface area contributed by atoms with Gasteiger partial charge >= 0.3 is 0 Å². The fraction of sp³-hybridized carbons (Fsp3) is 0.923. The number of hydrogen-bond donors (Lipinski definition) is 2. The molecular formula is C13H26N2O2. The highest BCUT2D eigenvalue weighted by Crippen LogP contribution is 2.28. The maximum atomic E-state index is 11.8. The van der Waals surface area contributed by atoms with Gasteiger partial charge in [-0.05, 0) is 26.7 Å². The van der Waals surface area contributed by atoms with Crippen molar-refractivity contribution in [1.82, 2.24) is 5.32 Å². The molecule has 100 valence electrons. The molecule has 1 amide bonds. The molecule has 1 rings (SSSR count). The molecule has 1 unspecified atom stereocenters. The Labute approximate surface area is 104 Å². The normalized spacial score (nSPS) is 20.9. The summed E-state index contributed by atoms with van der Waals surface area (Å²) in [5.74, 6) is 0.0570. The van der Waals surface area contributed by atoms with Gasteiger partial charge in [0.15, 0.2) is 0 Å². The van der Waals surface area contributed by atoms with Crippen molar-refractivity contribution < 1.29 is 9.53 Å². The molecule has 0 heterocycles. The highest BCUT2D eigenvalue weighted by atomic mass is 16.5. The summed E-state index contributed by atoms with van der Waals surface area (Å²) in [5.41, 5.74) is 5.97. The Bertz CT molecular complexity index is 238. The number of ether oxygens (including phenoxy) is 1. The predicted octanol–water partition coefficient (Wildman–Crippen LogP) is 1.58. The van der Waals surface area contributed by atoms with Crippen molar-refractivity contribution in [2.45, 2.75) is 64.0 Å². The summed E-state index contributed by atoms with van der Waals surface area (Å²) in [4.78, 5) is 11.8. The van der Waals surface area contributed by atoms with Crippen molar-refractivity contribution in [3.8, 4) is 0 Å². The van der Waals surface area contributed by atoms with E-state index < -0.39 is 0 Å². The zero-order chi connectivity index (χ0) is 12.7. The second-order valence-corrected chi connectivity index (χ2v) is 5.23. The summed E-state index contributed by atoms with van der Waals surface area (Å²) in [7, 11) is 0. The second-order valence-electron chi connectivity index (χ2n) is 5.23.